The molecule has 0 amide bonds. The number of sulfonamides is 1. The van der Waals surface area contributed by atoms with Crippen LogP contribution in [0.5, 0.6) is 11.5 Å². The molecule has 0 bridgehead atoms. The largest absolute Gasteiger partial charge is 0.504 e. The maximum absolute atomic E-state index is 11.2. The highest BCUT2D eigenvalue weighted by molar-refractivity contribution is 7.88. The first kappa shape index (κ1) is 11.8. The minimum atomic E-state index is -3.31. The maximum Gasteiger partial charge on any atom is 0.215 e. The van der Waals surface area contributed by atoms with E-state index in [0.717, 1.165) is 0 Å². The Hall–Kier alpha value is -1.27. The van der Waals surface area contributed by atoms with Crippen molar-refractivity contribution in [3.63, 3.8) is 0 Å². The van der Waals surface area contributed by atoms with Gasteiger partial charge in [-0.3, -0.25) is 0 Å². The molecule has 0 spiro atoms. The number of benzene rings is 1. The van der Waals surface area contributed by atoms with Crippen LogP contribution in [0.3, 0.4) is 0 Å². The third kappa shape index (κ3) is 3.10. The molecule has 1 aromatic carbocycles. The van der Waals surface area contributed by atoms with Gasteiger partial charge < -0.3 is 9.84 Å². The fraction of sp³-hybridized carbons (Fsp3) is 0.333. The summed E-state index contributed by atoms with van der Waals surface area (Å²) in [6.45, 7) is 0. The maximum atomic E-state index is 11.2. The molecule has 0 aliphatic carbocycles. The summed E-state index contributed by atoms with van der Waals surface area (Å²) < 4.78 is 29.5. The lowest BCUT2D eigenvalue weighted by molar-refractivity contribution is 0.373. The summed E-state index contributed by atoms with van der Waals surface area (Å²) in [7, 11) is -0.535. The Kier molecular flexibility index (Phi) is 3.54. The summed E-state index contributed by atoms with van der Waals surface area (Å²) in [6.07, 6.45) is 0. The highest BCUT2D eigenvalue weighted by Crippen LogP contribution is 2.26. The Morgan fingerprint density at radius 2 is 2.13 bits per heavy atom. The van der Waals surface area contributed by atoms with Crippen molar-refractivity contribution in [3.8, 4) is 11.5 Å². The monoisotopic (exact) mass is 231 g/mol. The van der Waals surface area contributed by atoms with Crippen molar-refractivity contribution < 1.29 is 18.3 Å². The Morgan fingerprint density at radius 1 is 1.47 bits per heavy atom. The van der Waals surface area contributed by atoms with Crippen molar-refractivity contribution in [2.45, 2.75) is 5.75 Å². The Bertz CT molecular complexity index is 441. The predicted octanol–water partition coefficient (Wildman–Crippen LogP) is 0.450. The molecule has 0 aliphatic rings. The molecule has 1 aromatic rings. The fourth-order valence-electron chi connectivity index (χ4n) is 1.12. The molecule has 0 fully saturated rings. The van der Waals surface area contributed by atoms with Crippen LogP contribution in [-0.4, -0.2) is 27.7 Å². The van der Waals surface area contributed by atoms with Crippen LogP contribution in [0.4, 0.5) is 0 Å². The molecule has 6 heteroatoms. The van der Waals surface area contributed by atoms with E-state index < -0.39 is 10.0 Å². The molecule has 0 saturated heterocycles. The Balaban J connectivity index is 2.94. The van der Waals surface area contributed by atoms with Gasteiger partial charge in [0.2, 0.25) is 10.0 Å². The Morgan fingerprint density at radius 3 is 2.60 bits per heavy atom. The van der Waals surface area contributed by atoms with E-state index in [0.29, 0.717) is 11.3 Å². The lowest BCUT2D eigenvalue weighted by Gasteiger charge is -2.06. The van der Waals surface area contributed by atoms with Crippen LogP contribution in [0, 0.1) is 0 Å². The molecule has 0 radical (unpaired) electrons. The first-order chi connectivity index (χ1) is 6.98. The SMILES string of the molecule is CNS(=O)(=O)Cc1ccc(OC)c(O)c1. The Labute approximate surface area is 88.7 Å². The van der Waals surface area contributed by atoms with Crippen LogP contribution in [-0.2, 0) is 15.8 Å². The molecule has 5 nitrogen and oxygen atoms in total. The first-order valence-corrected chi connectivity index (χ1v) is 5.91. The van der Waals surface area contributed by atoms with Gasteiger partial charge in [0.15, 0.2) is 11.5 Å². The number of hydrogen-bond acceptors (Lipinski definition) is 4. The zero-order chi connectivity index (χ0) is 11.5. The second kappa shape index (κ2) is 4.50. The number of methoxy groups -OCH3 is 1. The standard InChI is InChI=1S/C9H13NO4S/c1-10-15(12,13)6-7-3-4-9(14-2)8(11)5-7/h3-5,10-11H,6H2,1-2H3. The minimum Gasteiger partial charge on any atom is -0.504 e. The van der Waals surface area contributed by atoms with Crippen molar-refractivity contribution >= 4 is 10.0 Å². The van der Waals surface area contributed by atoms with Gasteiger partial charge in [-0.1, -0.05) is 6.07 Å². The molecule has 0 aliphatic heterocycles. The molecule has 84 valence electrons. The van der Waals surface area contributed by atoms with E-state index in [1.807, 2.05) is 0 Å². The van der Waals surface area contributed by atoms with Crippen molar-refractivity contribution in [2.75, 3.05) is 14.2 Å². The normalized spacial score (nSPS) is 11.3. The number of rotatable bonds is 4. The van der Waals surface area contributed by atoms with Gasteiger partial charge in [-0.05, 0) is 24.7 Å². The summed E-state index contributed by atoms with van der Waals surface area (Å²) in [5, 5.41) is 9.42. The van der Waals surface area contributed by atoms with Gasteiger partial charge in [-0.15, -0.1) is 0 Å². The molecule has 0 atom stereocenters. The van der Waals surface area contributed by atoms with Gasteiger partial charge in [-0.25, -0.2) is 13.1 Å². The van der Waals surface area contributed by atoms with E-state index in [4.69, 9.17) is 4.74 Å². The van der Waals surface area contributed by atoms with Gasteiger partial charge in [0, 0.05) is 0 Å². The minimum absolute atomic E-state index is 0.0682. The second-order valence-corrected chi connectivity index (χ2v) is 4.90. The molecule has 2 N–H and O–H groups in total. The summed E-state index contributed by atoms with van der Waals surface area (Å²) in [6, 6.07) is 4.48. The summed E-state index contributed by atoms with van der Waals surface area (Å²) in [5.74, 6) is 0.0861. The van der Waals surface area contributed by atoms with E-state index in [2.05, 4.69) is 4.72 Å². The average Bonchev–Trinajstić information content (AvgIpc) is 2.17. The van der Waals surface area contributed by atoms with Gasteiger partial charge in [0.25, 0.3) is 0 Å². The molecule has 0 aromatic heterocycles. The number of phenols is 1. The molecule has 0 heterocycles. The van der Waals surface area contributed by atoms with Crippen molar-refractivity contribution in [1.29, 1.82) is 0 Å². The molecule has 0 saturated carbocycles. The van der Waals surface area contributed by atoms with Crippen LogP contribution < -0.4 is 9.46 Å². The number of hydrogen-bond donors (Lipinski definition) is 2. The summed E-state index contributed by atoms with van der Waals surface area (Å²) >= 11 is 0. The quantitative estimate of drug-likeness (QED) is 0.789. The van der Waals surface area contributed by atoms with Crippen LogP contribution in [0.15, 0.2) is 18.2 Å². The topological polar surface area (TPSA) is 75.6 Å². The molecule has 0 unspecified atom stereocenters. The summed E-state index contributed by atoms with van der Waals surface area (Å²) in [5.41, 5.74) is 0.502. The lowest BCUT2D eigenvalue weighted by atomic mass is 10.2. The predicted molar refractivity (Wildman–Crippen MR) is 56.3 cm³/mol. The fourth-order valence-corrected chi connectivity index (χ4v) is 1.88. The van der Waals surface area contributed by atoms with Crippen LogP contribution in [0.1, 0.15) is 5.56 Å². The number of ether oxygens (including phenoxy) is 1. The molecular formula is C9H13NO4S. The van der Waals surface area contributed by atoms with Crippen molar-refractivity contribution in [3.05, 3.63) is 23.8 Å². The van der Waals surface area contributed by atoms with E-state index in [1.165, 1.54) is 26.3 Å². The van der Waals surface area contributed by atoms with Gasteiger partial charge in [-0.2, -0.15) is 0 Å². The van der Waals surface area contributed by atoms with Gasteiger partial charge in [0.05, 0.1) is 12.9 Å². The third-order valence-corrected chi connectivity index (χ3v) is 3.25. The van der Waals surface area contributed by atoms with Crippen LogP contribution >= 0.6 is 0 Å². The zero-order valence-electron chi connectivity index (χ0n) is 8.52. The second-order valence-electron chi connectivity index (χ2n) is 2.97. The van der Waals surface area contributed by atoms with Gasteiger partial charge in [0.1, 0.15) is 0 Å². The number of nitrogens with one attached hydrogen (secondary N) is 1. The molecular weight excluding hydrogens is 218 g/mol. The average molecular weight is 231 g/mol. The summed E-state index contributed by atoms with van der Waals surface area (Å²) in [4.78, 5) is 0. The smallest absolute Gasteiger partial charge is 0.215 e. The highest BCUT2D eigenvalue weighted by atomic mass is 32.2. The van der Waals surface area contributed by atoms with Crippen LogP contribution in [0.25, 0.3) is 0 Å². The lowest BCUT2D eigenvalue weighted by Crippen LogP contribution is -2.20. The van der Waals surface area contributed by atoms with Gasteiger partial charge >= 0.3 is 0 Å². The first-order valence-electron chi connectivity index (χ1n) is 4.25. The van der Waals surface area contributed by atoms with E-state index in [9.17, 15) is 13.5 Å². The van der Waals surface area contributed by atoms with E-state index >= 15 is 0 Å². The highest BCUT2D eigenvalue weighted by Gasteiger charge is 2.10. The number of phenolic OH excluding ortho intramolecular Hbond substituents is 1. The zero-order valence-corrected chi connectivity index (χ0v) is 9.34. The van der Waals surface area contributed by atoms with Crippen molar-refractivity contribution in [2.24, 2.45) is 0 Å². The number of aromatic hydroxyl groups is 1. The van der Waals surface area contributed by atoms with Crippen molar-refractivity contribution in [1.82, 2.24) is 4.72 Å². The third-order valence-electron chi connectivity index (χ3n) is 1.91. The molecule has 15 heavy (non-hydrogen) atoms. The molecule has 1 rings (SSSR count). The van der Waals surface area contributed by atoms with Crippen LogP contribution in [0.2, 0.25) is 0 Å². The van der Waals surface area contributed by atoms with E-state index in [-0.39, 0.29) is 11.5 Å². The van der Waals surface area contributed by atoms with E-state index in [1.54, 1.807) is 6.07 Å².